The Hall–Kier alpha value is -2.27. The number of oxime groups is 1. The number of rotatable bonds is 4. The van der Waals surface area contributed by atoms with Crippen LogP contribution in [0.3, 0.4) is 0 Å². The molecule has 1 heterocycles. The van der Waals surface area contributed by atoms with Crippen LogP contribution in [0.15, 0.2) is 47.6 Å². The van der Waals surface area contributed by atoms with Gasteiger partial charge in [-0.05, 0) is 23.8 Å². The van der Waals surface area contributed by atoms with E-state index in [1.54, 1.807) is 12.1 Å². The predicted molar refractivity (Wildman–Crippen MR) is 80.3 cm³/mol. The van der Waals surface area contributed by atoms with Crippen LogP contribution in [-0.4, -0.2) is 23.1 Å². The Bertz CT molecular complexity index is 630. The number of aromatic nitrogens is 1. The average Bonchev–Trinajstić information content (AvgIpc) is 2.49. The summed E-state index contributed by atoms with van der Waals surface area (Å²) in [5.41, 5.74) is 6.97. The third kappa shape index (κ3) is 3.19. The molecular weight excluding hydrogens is 276 g/mol. The number of nitrogens with two attached hydrogens (primary N) is 1. The van der Waals surface area contributed by atoms with Crippen LogP contribution in [-0.2, 0) is 6.54 Å². The van der Waals surface area contributed by atoms with Crippen LogP contribution in [0.25, 0.3) is 0 Å². The van der Waals surface area contributed by atoms with Gasteiger partial charge in [-0.3, -0.25) is 0 Å². The third-order valence-corrected chi connectivity index (χ3v) is 3.23. The molecule has 2 rings (SSSR count). The van der Waals surface area contributed by atoms with Gasteiger partial charge in [-0.15, -0.1) is 0 Å². The van der Waals surface area contributed by atoms with Crippen LogP contribution in [0.1, 0.15) is 11.3 Å². The zero-order valence-electron chi connectivity index (χ0n) is 11.0. The average molecular weight is 291 g/mol. The van der Waals surface area contributed by atoms with E-state index in [0.29, 0.717) is 23.1 Å². The highest BCUT2D eigenvalue weighted by Gasteiger charge is 2.08. The minimum absolute atomic E-state index is 0.0157. The number of hydrogen-bond acceptors (Lipinski definition) is 4. The molecule has 1 aromatic carbocycles. The van der Waals surface area contributed by atoms with Gasteiger partial charge in [-0.1, -0.05) is 41.0 Å². The van der Waals surface area contributed by atoms with Crippen LogP contribution in [0, 0.1) is 0 Å². The van der Waals surface area contributed by atoms with Crippen LogP contribution in [0.4, 0.5) is 5.82 Å². The molecule has 0 radical (unpaired) electrons. The third-order valence-electron chi connectivity index (χ3n) is 2.86. The van der Waals surface area contributed by atoms with E-state index in [0.717, 1.165) is 5.56 Å². The molecule has 0 saturated heterocycles. The highest BCUT2D eigenvalue weighted by atomic mass is 35.5. The summed E-state index contributed by atoms with van der Waals surface area (Å²) in [6, 6.07) is 13.0. The van der Waals surface area contributed by atoms with Gasteiger partial charge in [0.15, 0.2) is 5.84 Å². The fourth-order valence-corrected chi connectivity index (χ4v) is 1.99. The fraction of sp³-hybridized carbons (Fsp3) is 0.143. The summed E-state index contributed by atoms with van der Waals surface area (Å²) in [5, 5.41) is 12.3. The van der Waals surface area contributed by atoms with Crippen molar-refractivity contribution in [1.82, 2.24) is 4.98 Å². The summed E-state index contributed by atoms with van der Waals surface area (Å²) in [6.07, 6.45) is 0. The summed E-state index contributed by atoms with van der Waals surface area (Å²) in [4.78, 5) is 6.28. The molecule has 3 N–H and O–H groups in total. The molecular formula is C14H15ClN4O. The van der Waals surface area contributed by atoms with E-state index in [9.17, 15) is 0 Å². The van der Waals surface area contributed by atoms with E-state index < -0.39 is 0 Å². The van der Waals surface area contributed by atoms with Gasteiger partial charge in [-0.25, -0.2) is 4.98 Å². The Kier molecular flexibility index (Phi) is 4.42. The van der Waals surface area contributed by atoms with Gasteiger partial charge >= 0.3 is 0 Å². The Balaban J connectivity index is 2.21. The molecule has 104 valence electrons. The van der Waals surface area contributed by atoms with Crippen LogP contribution in [0.2, 0.25) is 5.02 Å². The van der Waals surface area contributed by atoms with Gasteiger partial charge in [0.1, 0.15) is 11.5 Å². The van der Waals surface area contributed by atoms with Crippen molar-refractivity contribution in [3.63, 3.8) is 0 Å². The first kappa shape index (κ1) is 14.1. The maximum Gasteiger partial charge on any atom is 0.188 e. The lowest BCUT2D eigenvalue weighted by Crippen LogP contribution is -2.21. The number of amidine groups is 1. The van der Waals surface area contributed by atoms with Crippen molar-refractivity contribution in [1.29, 1.82) is 0 Å². The molecule has 6 heteroatoms. The van der Waals surface area contributed by atoms with Crippen molar-refractivity contribution in [3.8, 4) is 0 Å². The first-order valence-corrected chi connectivity index (χ1v) is 6.39. The molecule has 0 aliphatic rings. The van der Waals surface area contributed by atoms with E-state index >= 15 is 0 Å². The van der Waals surface area contributed by atoms with Gasteiger partial charge in [0.2, 0.25) is 0 Å². The molecule has 1 aromatic heterocycles. The first-order chi connectivity index (χ1) is 9.61. The summed E-state index contributed by atoms with van der Waals surface area (Å²) >= 11 is 6.14. The van der Waals surface area contributed by atoms with Gasteiger partial charge in [0, 0.05) is 18.6 Å². The second-order valence-electron chi connectivity index (χ2n) is 4.31. The highest BCUT2D eigenvalue weighted by Crippen LogP contribution is 2.19. The molecule has 20 heavy (non-hydrogen) atoms. The molecule has 0 saturated carbocycles. The van der Waals surface area contributed by atoms with Gasteiger partial charge < -0.3 is 15.8 Å². The van der Waals surface area contributed by atoms with Crippen LogP contribution in [0.5, 0.6) is 0 Å². The lowest BCUT2D eigenvalue weighted by Gasteiger charge is -2.19. The lowest BCUT2D eigenvalue weighted by molar-refractivity contribution is 0.318. The molecule has 0 bridgehead atoms. The fourth-order valence-electron chi connectivity index (χ4n) is 1.79. The van der Waals surface area contributed by atoms with Crippen molar-refractivity contribution < 1.29 is 5.21 Å². The van der Waals surface area contributed by atoms with Crippen molar-refractivity contribution in [2.45, 2.75) is 6.54 Å². The highest BCUT2D eigenvalue weighted by molar-refractivity contribution is 6.31. The number of halogens is 1. The maximum absolute atomic E-state index is 8.68. The van der Waals surface area contributed by atoms with Crippen LogP contribution >= 0.6 is 11.6 Å². The Morgan fingerprint density at radius 2 is 2.05 bits per heavy atom. The molecule has 0 aliphatic carbocycles. The molecule has 0 aliphatic heterocycles. The van der Waals surface area contributed by atoms with E-state index in [4.69, 9.17) is 22.5 Å². The van der Waals surface area contributed by atoms with Gasteiger partial charge in [0.25, 0.3) is 0 Å². The second-order valence-corrected chi connectivity index (χ2v) is 4.72. The van der Waals surface area contributed by atoms with E-state index in [2.05, 4.69) is 10.1 Å². The largest absolute Gasteiger partial charge is 0.409 e. The summed E-state index contributed by atoms with van der Waals surface area (Å²) in [5.74, 6) is 0.701. The number of anilines is 1. The molecule has 5 nitrogen and oxygen atoms in total. The zero-order valence-corrected chi connectivity index (χ0v) is 11.7. The van der Waals surface area contributed by atoms with Crippen molar-refractivity contribution in [3.05, 3.63) is 58.7 Å². The minimum Gasteiger partial charge on any atom is -0.409 e. The Labute approximate surface area is 122 Å². The quantitative estimate of drug-likeness (QED) is 0.393. The normalized spacial score (nSPS) is 11.4. The summed E-state index contributed by atoms with van der Waals surface area (Å²) in [7, 11) is 1.90. The molecule has 0 unspecified atom stereocenters. The van der Waals surface area contributed by atoms with E-state index in [1.807, 2.05) is 42.3 Å². The topological polar surface area (TPSA) is 74.7 Å². The van der Waals surface area contributed by atoms with Crippen LogP contribution < -0.4 is 10.6 Å². The number of benzene rings is 1. The zero-order chi connectivity index (χ0) is 14.5. The SMILES string of the molecule is CN(Cc1ccccc1Cl)c1cccc(C(N)=NO)n1. The Morgan fingerprint density at radius 3 is 2.75 bits per heavy atom. The lowest BCUT2D eigenvalue weighted by atomic mass is 10.2. The molecule has 0 spiro atoms. The Morgan fingerprint density at radius 1 is 1.30 bits per heavy atom. The predicted octanol–water partition coefficient (Wildman–Crippen LogP) is 2.47. The van der Waals surface area contributed by atoms with Crippen molar-refractivity contribution in [2.24, 2.45) is 10.9 Å². The first-order valence-electron chi connectivity index (χ1n) is 6.01. The number of hydrogen-bond donors (Lipinski definition) is 2. The molecule has 0 atom stereocenters. The molecule has 0 amide bonds. The van der Waals surface area contributed by atoms with Gasteiger partial charge in [0.05, 0.1) is 0 Å². The van der Waals surface area contributed by atoms with Gasteiger partial charge in [-0.2, -0.15) is 0 Å². The van der Waals surface area contributed by atoms with Crippen molar-refractivity contribution in [2.75, 3.05) is 11.9 Å². The van der Waals surface area contributed by atoms with E-state index in [1.165, 1.54) is 0 Å². The molecule has 2 aromatic rings. The number of nitrogens with zero attached hydrogens (tertiary/aromatic N) is 3. The summed E-state index contributed by atoms with van der Waals surface area (Å²) < 4.78 is 0. The van der Waals surface area contributed by atoms with E-state index in [-0.39, 0.29) is 5.84 Å². The second kappa shape index (κ2) is 6.25. The summed E-state index contributed by atoms with van der Waals surface area (Å²) in [6.45, 7) is 0.617. The molecule has 0 fully saturated rings. The van der Waals surface area contributed by atoms with Crippen molar-refractivity contribution >= 4 is 23.3 Å². The monoisotopic (exact) mass is 290 g/mol. The number of pyridine rings is 1. The maximum atomic E-state index is 8.68. The minimum atomic E-state index is -0.0157. The smallest absolute Gasteiger partial charge is 0.188 e. The standard InChI is InChI=1S/C14H15ClN4O/c1-19(9-10-5-2-3-6-11(10)15)13-8-4-7-12(17-13)14(16)18-20/h2-8,20H,9H2,1H3,(H2,16,18).